The summed E-state index contributed by atoms with van der Waals surface area (Å²) in [5.74, 6) is -0.445. The molecule has 18 heavy (non-hydrogen) atoms. The third kappa shape index (κ3) is 2.37. The van der Waals surface area contributed by atoms with Crippen LogP contribution in [-0.2, 0) is 14.0 Å². The number of nitrogens with zero attached hydrogens (tertiary/aromatic N) is 1. The summed E-state index contributed by atoms with van der Waals surface area (Å²) in [4.78, 5) is 11.8. The number of carbonyl (C=O) groups excluding carboxylic acids is 1. The molecule has 1 aromatic rings. The van der Waals surface area contributed by atoms with Crippen molar-refractivity contribution in [3.8, 4) is 0 Å². The van der Waals surface area contributed by atoms with Gasteiger partial charge in [0.05, 0.1) is 6.04 Å². The van der Waals surface area contributed by atoms with E-state index in [1.807, 2.05) is 37.3 Å². The molecular weight excluding hydrogens is 274 g/mol. The number of rotatable bonds is 3. The summed E-state index contributed by atoms with van der Waals surface area (Å²) in [6, 6.07) is 8.66. The molecule has 2 rings (SSSR count). The number of hydrogen-bond donors (Lipinski definition) is 0. The van der Waals surface area contributed by atoms with Crippen molar-refractivity contribution in [1.29, 1.82) is 0 Å². The fraction of sp³-hybridized carbons (Fsp3) is 0.417. The van der Waals surface area contributed by atoms with Gasteiger partial charge in [-0.25, -0.2) is 4.31 Å². The molecule has 0 spiro atoms. The average Bonchev–Trinajstić information content (AvgIpc) is 2.67. The largest absolute Gasteiger partial charge is 0.324 e. The van der Waals surface area contributed by atoms with Crippen LogP contribution < -0.4 is 0 Å². The summed E-state index contributed by atoms with van der Waals surface area (Å²) in [5, 5.41) is 0. The molecule has 1 saturated heterocycles. The van der Waals surface area contributed by atoms with Gasteiger partial charge in [-0.15, -0.1) is 0 Å². The molecule has 0 aromatic heterocycles. The molecule has 1 aliphatic rings. The lowest BCUT2D eigenvalue weighted by molar-refractivity contribution is -0.124. The molecule has 2 unspecified atom stereocenters. The van der Waals surface area contributed by atoms with E-state index in [1.54, 1.807) is 0 Å². The molecule has 0 aliphatic carbocycles. The highest BCUT2D eigenvalue weighted by Gasteiger charge is 2.45. The molecule has 6 heteroatoms. The number of benzene rings is 1. The third-order valence-corrected chi connectivity index (χ3v) is 4.63. The number of halogens is 1. The first-order valence-corrected chi connectivity index (χ1v) is 8.03. The normalized spacial score (nSPS) is 24.6. The zero-order chi connectivity index (χ0) is 13.3. The minimum absolute atomic E-state index is 0.0200. The molecule has 98 valence electrons. The average molecular weight is 288 g/mol. The lowest BCUT2D eigenvalue weighted by atomic mass is 9.92. The highest BCUT2D eigenvalue weighted by molar-refractivity contribution is 8.12. The molecule has 2 atom stereocenters. The first-order valence-electron chi connectivity index (χ1n) is 5.77. The molecule has 1 heterocycles. The third-order valence-electron chi connectivity index (χ3n) is 3.28. The summed E-state index contributed by atoms with van der Waals surface area (Å²) in [6.07, 6.45) is 0.955. The topological polar surface area (TPSA) is 54.5 Å². The van der Waals surface area contributed by atoms with E-state index in [0.29, 0.717) is 0 Å². The van der Waals surface area contributed by atoms with E-state index < -0.39 is 21.2 Å². The Kier molecular flexibility index (Phi) is 3.64. The Morgan fingerprint density at radius 1 is 1.33 bits per heavy atom. The van der Waals surface area contributed by atoms with Gasteiger partial charge in [-0.1, -0.05) is 43.7 Å². The van der Waals surface area contributed by atoms with Crippen molar-refractivity contribution in [2.75, 3.05) is 0 Å². The van der Waals surface area contributed by atoms with Gasteiger partial charge in [0.1, 0.15) is 0 Å². The maximum atomic E-state index is 11.8. The molecule has 0 N–H and O–H groups in total. The second-order valence-electron chi connectivity index (χ2n) is 4.36. The van der Waals surface area contributed by atoms with E-state index >= 15 is 0 Å². The Bertz CT molecular complexity index is 544. The summed E-state index contributed by atoms with van der Waals surface area (Å²) < 4.78 is 23.9. The molecule has 1 amide bonds. The van der Waals surface area contributed by atoms with Crippen LogP contribution in [0.2, 0.25) is 0 Å². The monoisotopic (exact) mass is 287 g/mol. The van der Waals surface area contributed by atoms with Crippen molar-refractivity contribution in [2.45, 2.75) is 25.8 Å². The second kappa shape index (κ2) is 4.90. The fourth-order valence-corrected chi connectivity index (χ4v) is 3.83. The summed E-state index contributed by atoms with van der Waals surface area (Å²) in [7, 11) is 1.34. The maximum absolute atomic E-state index is 11.8. The van der Waals surface area contributed by atoms with Gasteiger partial charge in [0.2, 0.25) is 5.91 Å². The van der Waals surface area contributed by atoms with Crippen LogP contribution in [0.1, 0.15) is 31.4 Å². The van der Waals surface area contributed by atoms with Crippen molar-refractivity contribution in [3.63, 3.8) is 0 Å². The van der Waals surface area contributed by atoms with E-state index in [2.05, 4.69) is 0 Å². The van der Waals surface area contributed by atoms with Crippen molar-refractivity contribution in [3.05, 3.63) is 35.9 Å². The van der Waals surface area contributed by atoms with E-state index in [-0.39, 0.29) is 12.3 Å². The van der Waals surface area contributed by atoms with E-state index in [9.17, 15) is 13.2 Å². The Labute approximate surface area is 111 Å². The fourth-order valence-electron chi connectivity index (χ4n) is 2.46. The van der Waals surface area contributed by atoms with Crippen LogP contribution in [0.25, 0.3) is 0 Å². The standard InChI is InChI=1S/C12H14ClNO3S/c1-2-9-8-11(15)14(18(13,16)17)12(9)10-6-4-3-5-7-10/h3-7,9,12H,2,8H2,1H3. The molecular formula is C12H14ClNO3S. The number of amides is 1. The lowest BCUT2D eigenvalue weighted by Gasteiger charge is -2.25. The van der Waals surface area contributed by atoms with Crippen molar-refractivity contribution in [2.24, 2.45) is 5.92 Å². The molecule has 1 aromatic carbocycles. The molecule has 0 saturated carbocycles. The van der Waals surface area contributed by atoms with Crippen molar-refractivity contribution < 1.29 is 13.2 Å². The maximum Gasteiger partial charge on any atom is 0.324 e. The van der Waals surface area contributed by atoms with Gasteiger partial charge in [-0.2, -0.15) is 8.42 Å². The molecule has 4 nitrogen and oxygen atoms in total. The summed E-state index contributed by atoms with van der Waals surface area (Å²) >= 11 is 0. The first kappa shape index (κ1) is 13.4. The van der Waals surface area contributed by atoms with Gasteiger partial charge >= 0.3 is 9.24 Å². The Balaban J connectivity index is 2.48. The highest BCUT2D eigenvalue weighted by atomic mass is 35.7. The van der Waals surface area contributed by atoms with Gasteiger partial charge in [0.25, 0.3) is 0 Å². The quantitative estimate of drug-likeness (QED) is 0.803. The van der Waals surface area contributed by atoms with Crippen molar-refractivity contribution >= 4 is 25.8 Å². The van der Waals surface area contributed by atoms with Gasteiger partial charge in [-0.3, -0.25) is 4.79 Å². The van der Waals surface area contributed by atoms with Gasteiger partial charge in [-0.05, 0) is 11.5 Å². The Hall–Kier alpha value is -1.07. The van der Waals surface area contributed by atoms with Crippen LogP contribution in [0.4, 0.5) is 0 Å². The van der Waals surface area contributed by atoms with E-state index in [1.165, 1.54) is 0 Å². The Morgan fingerprint density at radius 3 is 2.44 bits per heavy atom. The minimum atomic E-state index is -4.04. The van der Waals surface area contributed by atoms with Crippen LogP contribution in [-0.4, -0.2) is 18.6 Å². The van der Waals surface area contributed by atoms with Gasteiger partial charge < -0.3 is 0 Å². The van der Waals surface area contributed by atoms with Crippen LogP contribution in [0, 0.1) is 5.92 Å². The van der Waals surface area contributed by atoms with E-state index in [4.69, 9.17) is 10.7 Å². The molecule has 1 aliphatic heterocycles. The summed E-state index contributed by atoms with van der Waals surface area (Å²) in [5.41, 5.74) is 0.805. The Morgan fingerprint density at radius 2 is 1.94 bits per heavy atom. The lowest BCUT2D eigenvalue weighted by Crippen LogP contribution is -2.31. The van der Waals surface area contributed by atoms with E-state index in [0.717, 1.165) is 16.3 Å². The predicted octanol–water partition coefficient (Wildman–Crippen LogP) is 2.47. The van der Waals surface area contributed by atoms with Crippen LogP contribution in [0.3, 0.4) is 0 Å². The van der Waals surface area contributed by atoms with Crippen molar-refractivity contribution in [1.82, 2.24) is 4.31 Å². The highest BCUT2D eigenvalue weighted by Crippen LogP contribution is 2.42. The SMILES string of the molecule is CCC1CC(=O)N(S(=O)(=O)Cl)C1c1ccccc1. The van der Waals surface area contributed by atoms with Gasteiger partial charge in [0.15, 0.2) is 0 Å². The van der Waals surface area contributed by atoms with Crippen LogP contribution in [0.5, 0.6) is 0 Å². The first-order chi connectivity index (χ1) is 8.45. The van der Waals surface area contributed by atoms with Gasteiger partial charge in [0, 0.05) is 17.1 Å². The second-order valence-corrected chi connectivity index (χ2v) is 6.75. The predicted molar refractivity (Wildman–Crippen MR) is 69.2 cm³/mol. The number of carbonyl (C=O) groups is 1. The number of hydrogen-bond acceptors (Lipinski definition) is 3. The van der Waals surface area contributed by atoms with Crippen LogP contribution >= 0.6 is 10.7 Å². The molecule has 1 fully saturated rings. The zero-order valence-electron chi connectivity index (χ0n) is 9.91. The molecule has 0 radical (unpaired) electrons. The smallest absolute Gasteiger partial charge is 0.274 e. The zero-order valence-corrected chi connectivity index (χ0v) is 11.5. The van der Waals surface area contributed by atoms with Crippen LogP contribution in [0.15, 0.2) is 30.3 Å². The summed E-state index contributed by atoms with van der Waals surface area (Å²) in [6.45, 7) is 1.94. The molecule has 0 bridgehead atoms. The minimum Gasteiger partial charge on any atom is -0.274 e.